The van der Waals surface area contributed by atoms with Crippen molar-refractivity contribution in [2.24, 2.45) is 0 Å². The van der Waals surface area contributed by atoms with Gasteiger partial charge in [-0.3, -0.25) is 5.10 Å². The molecule has 0 aromatic carbocycles. The first kappa shape index (κ1) is 8.30. The first-order valence-corrected chi connectivity index (χ1v) is 4.92. The molecule has 0 bridgehead atoms. The summed E-state index contributed by atoms with van der Waals surface area (Å²) >= 11 is 0. The van der Waals surface area contributed by atoms with Crippen molar-refractivity contribution in [2.45, 2.75) is 18.8 Å². The van der Waals surface area contributed by atoms with Crippen LogP contribution in [0.3, 0.4) is 0 Å². The number of hydrogen-bond acceptors (Lipinski definition) is 3. The number of aromatic amines is 1. The summed E-state index contributed by atoms with van der Waals surface area (Å²) in [5, 5.41) is 16.2. The molecule has 2 aromatic rings. The van der Waals surface area contributed by atoms with Crippen LogP contribution in [0, 0.1) is 11.3 Å². The Morgan fingerprint density at radius 2 is 2.40 bits per heavy atom. The monoisotopic (exact) mass is 199 g/mol. The lowest BCUT2D eigenvalue weighted by Crippen LogP contribution is -1.84. The summed E-state index contributed by atoms with van der Waals surface area (Å²) in [7, 11) is 0. The van der Waals surface area contributed by atoms with Gasteiger partial charge in [-0.25, -0.2) is 0 Å². The van der Waals surface area contributed by atoms with Crippen molar-refractivity contribution in [1.82, 2.24) is 10.2 Å². The van der Waals surface area contributed by atoms with E-state index >= 15 is 0 Å². The Balaban J connectivity index is 2.13. The van der Waals surface area contributed by atoms with Gasteiger partial charge < -0.3 is 4.42 Å². The van der Waals surface area contributed by atoms with Crippen molar-refractivity contribution >= 4 is 0 Å². The SMILES string of the molecule is N#Cc1c(-c2ccco2)n[nH]c1C1CC1. The highest BCUT2D eigenvalue weighted by Crippen LogP contribution is 2.42. The summed E-state index contributed by atoms with van der Waals surface area (Å²) < 4.78 is 5.24. The van der Waals surface area contributed by atoms with E-state index in [-0.39, 0.29) is 0 Å². The lowest BCUT2D eigenvalue weighted by atomic mass is 10.1. The molecule has 15 heavy (non-hydrogen) atoms. The molecular weight excluding hydrogens is 190 g/mol. The van der Waals surface area contributed by atoms with Gasteiger partial charge in [-0.05, 0) is 25.0 Å². The van der Waals surface area contributed by atoms with Crippen LogP contribution in [0.15, 0.2) is 22.8 Å². The van der Waals surface area contributed by atoms with Crippen molar-refractivity contribution < 1.29 is 4.42 Å². The second-order valence-corrected chi connectivity index (χ2v) is 3.72. The topological polar surface area (TPSA) is 65.6 Å². The van der Waals surface area contributed by atoms with E-state index in [0.29, 0.717) is 22.9 Å². The zero-order chi connectivity index (χ0) is 10.3. The summed E-state index contributed by atoms with van der Waals surface area (Å²) in [4.78, 5) is 0. The lowest BCUT2D eigenvalue weighted by Gasteiger charge is -1.92. The minimum Gasteiger partial charge on any atom is -0.463 e. The van der Waals surface area contributed by atoms with E-state index in [9.17, 15) is 0 Å². The average molecular weight is 199 g/mol. The first-order chi connectivity index (χ1) is 7.40. The fourth-order valence-corrected chi connectivity index (χ4v) is 1.73. The lowest BCUT2D eigenvalue weighted by molar-refractivity contribution is 0.579. The van der Waals surface area contributed by atoms with Crippen LogP contribution in [-0.4, -0.2) is 10.2 Å². The Morgan fingerprint density at radius 3 is 3.00 bits per heavy atom. The molecule has 0 aliphatic heterocycles. The molecule has 3 rings (SSSR count). The highest BCUT2D eigenvalue weighted by molar-refractivity contribution is 5.63. The van der Waals surface area contributed by atoms with Gasteiger partial charge in [0.1, 0.15) is 17.3 Å². The van der Waals surface area contributed by atoms with Crippen LogP contribution >= 0.6 is 0 Å². The van der Waals surface area contributed by atoms with Gasteiger partial charge in [0.2, 0.25) is 0 Å². The van der Waals surface area contributed by atoms with E-state index in [1.54, 1.807) is 12.3 Å². The van der Waals surface area contributed by atoms with E-state index in [1.807, 2.05) is 6.07 Å². The fourth-order valence-electron chi connectivity index (χ4n) is 1.73. The number of nitriles is 1. The maximum Gasteiger partial charge on any atom is 0.155 e. The van der Waals surface area contributed by atoms with Crippen molar-refractivity contribution in [1.29, 1.82) is 5.26 Å². The van der Waals surface area contributed by atoms with Gasteiger partial charge in [0.25, 0.3) is 0 Å². The highest BCUT2D eigenvalue weighted by atomic mass is 16.3. The quantitative estimate of drug-likeness (QED) is 0.807. The molecule has 0 atom stereocenters. The zero-order valence-corrected chi connectivity index (χ0v) is 8.03. The molecule has 0 spiro atoms. The first-order valence-electron chi connectivity index (χ1n) is 4.92. The summed E-state index contributed by atoms with van der Waals surface area (Å²) in [6.45, 7) is 0. The molecule has 1 aliphatic carbocycles. The van der Waals surface area contributed by atoms with Crippen LogP contribution in [0.2, 0.25) is 0 Å². The molecule has 0 unspecified atom stereocenters. The highest BCUT2D eigenvalue weighted by Gasteiger charge is 2.30. The van der Waals surface area contributed by atoms with Gasteiger partial charge in [0.05, 0.1) is 12.0 Å². The summed E-state index contributed by atoms with van der Waals surface area (Å²) in [6.07, 6.45) is 3.88. The van der Waals surface area contributed by atoms with Crippen molar-refractivity contribution in [3.8, 4) is 17.5 Å². The standard InChI is InChI=1S/C11H9N3O/c12-6-8-10(7-3-4-7)13-14-11(8)9-2-1-5-15-9/h1-2,5,7H,3-4H2,(H,13,14). The molecule has 4 nitrogen and oxygen atoms in total. The van der Waals surface area contributed by atoms with E-state index in [4.69, 9.17) is 9.68 Å². The van der Waals surface area contributed by atoms with Crippen LogP contribution in [0.25, 0.3) is 11.5 Å². The van der Waals surface area contributed by atoms with E-state index in [1.165, 1.54) is 0 Å². The van der Waals surface area contributed by atoms with E-state index in [0.717, 1.165) is 18.5 Å². The Hall–Kier alpha value is -2.02. The molecule has 2 heterocycles. The molecule has 0 saturated heterocycles. The number of rotatable bonds is 2. The molecule has 0 radical (unpaired) electrons. The van der Waals surface area contributed by atoms with Crippen LogP contribution in [0.4, 0.5) is 0 Å². The second kappa shape index (κ2) is 2.99. The van der Waals surface area contributed by atoms with E-state index in [2.05, 4.69) is 16.3 Å². The predicted octanol–water partition coefficient (Wildman–Crippen LogP) is 2.42. The Labute approximate surface area is 86.5 Å². The van der Waals surface area contributed by atoms with Crippen LogP contribution in [-0.2, 0) is 0 Å². The molecule has 4 heteroatoms. The molecule has 1 saturated carbocycles. The smallest absolute Gasteiger partial charge is 0.155 e. The minimum absolute atomic E-state index is 0.496. The minimum atomic E-state index is 0.496. The van der Waals surface area contributed by atoms with Gasteiger partial charge in [-0.15, -0.1) is 0 Å². The van der Waals surface area contributed by atoms with Gasteiger partial charge in [-0.1, -0.05) is 0 Å². The number of hydrogen-bond donors (Lipinski definition) is 1. The predicted molar refractivity (Wildman–Crippen MR) is 53.0 cm³/mol. The molecular formula is C11H9N3O. The Morgan fingerprint density at radius 1 is 1.53 bits per heavy atom. The van der Waals surface area contributed by atoms with E-state index < -0.39 is 0 Å². The summed E-state index contributed by atoms with van der Waals surface area (Å²) in [5.74, 6) is 1.14. The van der Waals surface area contributed by atoms with Crippen LogP contribution in [0.5, 0.6) is 0 Å². The van der Waals surface area contributed by atoms with Crippen molar-refractivity contribution in [2.75, 3.05) is 0 Å². The molecule has 2 aromatic heterocycles. The Kier molecular flexibility index (Phi) is 1.65. The maximum atomic E-state index is 9.11. The number of furan rings is 1. The molecule has 1 aliphatic rings. The second-order valence-electron chi connectivity index (χ2n) is 3.72. The van der Waals surface area contributed by atoms with Gasteiger partial charge >= 0.3 is 0 Å². The van der Waals surface area contributed by atoms with Crippen molar-refractivity contribution in [3.63, 3.8) is 0 Å². The summed E-state index contributed by atoms with van der Waals surface area (Å²) in [6, 6.07) is 5.81. The third kappa shape index (κ3) is 1.24. The van der Waals surface area contributed by atoms with Gasteiger partial charge in [0, 0.05) is 5.92 Å². The van der Waals surface area contributed by atoms with Crippen molar-refractivity contribution in [3.05, 3.63) is 29.7 Å². The molecule has 1 N–H and O–H groups in total. The number of aromatic nitrogens is 2. The summed E-state index contributed by atoms with van der Waals surface area (Å²) in [5.41, 5.74) is 2.22. The Bertz CT molecular complexity index is 515. The zero-order valence-electron chi connectivity index (χ0n) is 8.03. The normalized spacial score (nSPS) is 15.1. The third-order valence-corrected chi connectivity index (χ3v) is 2.65. The number of nitrogens with one attached hydrogen (secondary N) is 1. The third-order valence-electron chi connectivity index (χ3n) is 2.65. The molecule has 1 fully saturated rings. The van der Waals surface area contributed by atoms with Gasteiger partial charge in [-0.2, -0.15) is 10.4 Å². The molecule has 0 amide bonds. The average Bonchev–Trinajstić information content (AvgIpc) is 2.83. The number of H-pyrrole nitrogens is 1. The van der Waals surface area contributed by atoms with Gasteiger partial charge in [0.15, 0.2) is 5.76 Å². The van der Waals surface area contributed by atoms with Crippen LogP contribution < -0.4 is 0 Å². The maximum absolute atomic E-state index is 9.11. The van der Waals surface area contributed by atoms with Crippen LogP contribution in [0.1, 0.15) is 30.0 Å². The number of nitrogens with zero attached hydrogens (tertiary/aromatic N) is 2. The largest absolute Gasteiger partial charge is 0.463 e. The molecule has 74 valence electrons. The fraction of sp³-hybridized carbons (Fsp3) is 0.273.